The molecule has 1 unspecified atom stereocenters. The number of hydrogen-bond donors (Lipinski definition) is 0. The van der Waals surface area contributed by atoms with Crippen LogP contribution >= 0.6 is 11.8 Å². The summed E-state index contributed by atoms with van der Waals surface area (Å²) < 4.78 is 3.07. The van der Waals surface area contributed by atoms with Crippen molar-refractivity contribution in [2.24, 2.45) is 7.05 Å². The molecule has 1 atom stereocenters. The molecule has 0 N–H and O–H groups in total. The number of benzene rings is 2. The second-order valence-electron chi connectivity index (χ2n) is 7.59. The van der Waals surface area contributed by atoms with E-state index in [9.17, 15) is 9.59 Å². The molecule has 1 fully saturated rings. The van der Waals surface area contributed by atoms with Gasteiger partial charge in [-0.3, -0.25) is 4.79 Å². The summed E-state index contributed by atoms with van der Waals surface area (Å²) in [7, 11) is 1.68. The average Bonchev–Trinajstić information content (AvgIpc) is 3.09. The minimum Gasteiger partial charge on any atom is -0.341 e. The number of carbonyl (C=O) groups excluding carboxylic acids is 1. The fourth-order valence-electron chi connectivity index (χ4n) is 3.90. The molecule has 0 bridgehead atoms. The highest BCUT2D eigenvalue weighted by atomic mass is 32.2. The maximum Gasteiger partial charge on any atom is 0.350 e. The van der Waals surface area contributed by atoms with Crippen molar-refractivity contribution in [3.8, 4) is 5.69 Å². The number of nitrogens with zero attached hydrogens (tertiary/aromatic N) is 4. The Morgan fingerprint density at radius 3 is 2.53 bits per heavy atom. The molecule has 1 aliphatic rings. The van der Waals surface area contributed by atoms with E-state index in [0.717, 1.165) is 36.7 Å². The van der Waals surface area contributed by atoms with Crippen LogP contribution in [0.3, 0.4) is 0 Å². The van der Waals surface area contributed by atoms with Crippen molar-refractivity contribution in [1.82, 2.24) is 19.2 Å². The Morgan fingerprint density at radius 2 is 1.80 bits per heavy atom. The van der Waals surface area contributed by atoms with E-state index >= 15 is 0 Å². The summed E-state index contributed by atoms with van der Waals surface area (Å²) >= 11 is 1.65. The van der Waals surface area contributed by atoms with Crippen LogP contribution in [0.2, 0.25) is 0 Å². The van der Waals surface area contributed by atoms with Crippen molar-refractivity contribution in [3.63, 3.8) is 0 Å². The number of hydrogen-bond acceptors (Lipinski definition) is 4. The van der Waals surface area contributed by atoms with Gasteiger partial charge in [0.05, 0.1) is 11.4 Å². The lowest BCUT2D eigenvalue weighted by Gasteiger charge is -2.32. The number of thioether (sulfide) groups is 1. The van der Waals surface area contributed by atoms with Crippen molar-refractivity contribution >= 4 is 17.7 Å². The largest absolute Gasteiger partial charge is 0.350 e. The minimum absolute atomic E-state index is 0.0518. The minimum atomic E-state index is -0.155. The number of aryl methyl sites for hydroxylation is 1. The van der Waals surface area contributed by atoms with Gasteiger partial charge in [-0.15, -0.1) is 11.8 Å². The van der Waals surface area contributed by atoms with Crippen molar-refractivity contribution < 1.29 is 4.79 Å². The first-order valence-electron chi connectivity index (χ1n) is 10.2. The normalized spacial score (nSPS) is 16.6. The zero-order valence-corrected chi connectivity index (χ0v) is 17.9. The Bertz CT molecular complexity index is 1050. The molecule has 2 heterocycles. The highest BCUT2D eigenvalue weighted by Gasteiger charge is 2.29. The molecule has 0 saturated carbocycles. The van der Waals surface area contributed by atoms with Crippen molar-refractivity contribution in [2.45, 2.75) is 24.5 Å². The van der Waals surface area contributed by atoms with Crippen LogP contribution < -0.4 is 5.69 Å². The predicted octanol–water partition coefficient (Wildman–Crippen LogP) is 3.21. The SMILES string of the molecule is Cn1nc(C2CCCN(C(=O)CSCc3ccccc3)C2)n(-c2ccccc2)c1=O. The topological polar surface area (TPSA) is 60.1 Å². The third kappa shape index (κ3) is 4.51. The maximum absolute atomic E-state index is 12.8. The molecule has 1 aliphatic heterocycles. The summed E-state index contributed by atoms with van der Waals surface area (Å²) in [5, 5.41) is 4.53. The average molecular weight is 423 g/mol. The van der Waals surface area contributed by atoms with Gasteiger partial charge >= 0.3 is 5.69 Å². The van der Waals surface area contributed by atoms with Crippen LogP contribution in [0.5, 0.6) is 0 Å². The first kappa shape index (κ1) is 20.5. The van der Waals surface area contributed by atoms with E-state index in [-0.39, 0.29) is 17.5 Å². The van der Waals surface area contributed by atoms with Crippen molar-refractivity contribution in [1.29, 1.82) is 0 Å². The Hall–Kier alpha value is -2.80. The number of likely N-dealkylation sites (tertiary alicyclic amines) is 1. The summed E-state index contributed by atoms with van der Waals surface area (Å²) in [5.41, 5.74) is 1.89. The van der Waals surface area contributed by atoms with Crippen LogP contribution in [0.4, 0.5) is 0 Å². The van der Waals surface area contributed by atoms with Crippen LogP contribution in [0, 0.1) is 0 Å². The highest BCUT2D eigenvalue weighted by Crippen LogP contribution is 2.27. The quantitative estimate of drug-likeness (QED) is 0.612. The van der Waals surface area contributed by atoms with Crippen LogP contribution in [0.1, 0.15) is 30.1 Å². The Morgan fingerprint density at radius 1 is 1.10 bits per heavy atom. The fraction of sp³-hybridized carbons (Fsp3) is 0.348. The van der Waals surface area contributed by atoms with Gasteiger partial charge in [-0.05, 0) is 30.5 Å². The van der Waals surface area contributed by atoms with Crippen LogP contribution in [0.25, 0.3) is 5.69 Å². The van der Waals surface area contributed by atoms with E-state index in [0.29, 0.717) is 12.3 Å². The summed E-state index contributed by atoms with van der Waals surface area (Å²) in [4.78, 5) is 27.4. The molecule has 0 radical (unpaired) electrons. The van der Waals surface area contributed by atoms with Crippen LogP contribution in [-0.2, 0) is 17.6 Å². The lowest BCUT2D eigenvalue weighted by Crippen LogP contribution is -2.41. The molecule has 1 aromatic heterocycles. The van der Waals surface area contributed by atoms with Crippen LogP contribution in [-0.4, -0.2) is 44.0 Å². The summed E-state index contributed by atoms with van der Waals surface area (Å²) in [6.45, 7) is 1.37. The molecule has 0 spiro atoms. The molecule has 6 nitrogen and oxygen atoms in total. The molecular formula is C23H26N4O2S. The zero-order valence-electron chi connectivity index (χ0n) is 17.1. The van der Waals surface area contributed by atoms with E-state index in [2.05, 4.69) is 17.2 Å². The molecule has 1 amide bonds. The third-order valence-corrected chi connectivity index (χ3v) is 6.43. The fourth-order valence-corrected chi connectivity index (χ4v) is 4.79. The molecule has 1 saturated heterocycles. The molecule has 3 aromatic rings. The van der Waals surface area contributed by atoms with E-state index in [1.54, 1.807) is 23.4 Å². The summed E-state index contributed by atoms with van der Waals surface area (Å²) in [6, 6.07) is 19.8. The van der Waals surface area contributed by atoms with Gasteiger partial charge in [0, 0.05) is 31.8 Å². The van der Waals surface area contributed by atoms with E-state index in [1.807, 2.05) is 53.4 Å². The number of aromatic nitrogens is 3. The van der Waals surface area contributed by atoms with Crippen LogP contribution in [0.15, 0.2) is 65.5 Å². The van der Waals surface area contributed by atoms with Gasteiger partial charge in [0.1, 0.15) is 5.82 Å². The monoisotopic (exact) mass is 422 g/mol. The van der Waals surface area contributed by atoms with Gasteiger partial charge in [0.15, 0.2) is 0 Å². The lowest BCUT2D eigenvalue weighted by atomic mass is 9.97. The molecule has 0 aliphatic carbocycles. The molecular weight excluding hydrogens is 396 g/mol. The first-order chi connectivity index (χ1) is 14.6. The Labute approximate surface area is 180 Å². The maximum atomic E-state index is 12.8. The molecule has 30 heavy (non-hydrogen) atoms. The Balaban J connectivity index is 1.45. The van der Waals surface area contributed by atoms with Crippen molar-refractivity contribution in [2.75, 3.05) is 18.8 Å². The van der Waals surface area contributed by atoms with Gasteiger partial charge < -0.3 is 4.90 Å². The molecule has 4 rings (SSSR count). The highest BCUT2D eigenvalue weighted by molar-refractivity contribution is 7.99. The lowest BCUT2D eigenvalue weighted by molar-refractivity contribution is -0.129. The van der Waals surface area contributed by atoms with Gasteiger partial charge in [-0.1, -0.05) is 48.5 Å². The van der Waals surface area contributed by atoms with Gasteiger partial charge in [-0.2, -0.15) is 5.10 Å². The first-order valence-corrected chi connectivity index (χ1v) is 11.4. The number of piperidine rings is 1. The Kier molecular flexibility index (Phi) is 6.38. The van der Waals surface area contributed by atoms with Gasteiger partial charge in [0.2, 0.25) is 5.91 Å². The third-order valence-electron chi connectivity index (χ3n) is 5.44. The number of carbonyl (C=O) groups is 1. The number of amides is 1. The predicted molar refractivity (Wildman–Crippen MR) is 120 cm³/mol. The van der Waals surface area contributed by atoms with E-state index in [4.69, 9.17) is 0 Å². The van der Waals surface area contributed by atoms with Gasteiger partial charge in [0.25, 0.3) is 0 Å². The summed E-state index contributed by atoms with van der Waals surface area (Å²) in [5.74, 6) is 2.25. The second kappa shape index (κ2) is 9.34. The van der Waals surface area contributed by atoms with E-state index in [1.165, 1.54) is 10.2 Å². The van der Waals surface area contributed by atoms with E-state index < -0.39 is 0 Å². The molecule has 7 heteroatoms. The standard InChI is InChI=1S/C23H26N4O2S/c1-25-23(29)27(20-12-6-3-7-13-20)22(24-25)19-11-8-14-26(15-19)21(28)17-30-16-18-9-4-2-5-10-18/h2-7,9-10,12-13,19H,8,11,14-17H2,1H3. The molecule has 156 valence electrons. The zero-order chi connectivity index (χ0) is 20.9. The number of para-hydroxylation sites is 1. The van der Waals surface area contributed by atoms with Gasteiger partial charge in [-0.25, -0.2) is 14.0 Å². The summed E-state index contributed by atoms with van der Waals surface area (Å²) in [6.07, 6.45) is 1.84. The number of rotatable bonds is 6. The molecule has 2 aromatic carbocycles. The smallest absolute Gasteiger partial charge is 0.341 e. The second-order valence-corrected chi connectivity index (χ2v) is 8.58. The van der Waals surface area contributed by atoms with Crippen molar-refractivity contribution in [3.05, 3.63) is 82.5 Å².